The first-order valence-corrected chi connectivity index (χ1v) is 7.90. The highest BCUT2D eigenvalue weighted by molar-refractivity contribution is 8.39. The number of hydrogen-bond acceptors (Lipinski definition) is 6. The molecule has 1 aromatic heterocycles. The van der Waals surface area contributed by atoms with Gasteiger partial charge in [-0.1, -0.05) is 50.4 Å². The van der Waals surface area contributed by atoms with Gasteiger partial charge in [-0.15, -0.1) is 0 Å². The Morgan fingerprint density at radius 3 is 2.89 bits per heavy atom. The van der Waals surface area contributed by atoms with Gasteiger partial charge < -0.3 is 0 Å². The molecule has 19 heavy (non-hydrogen) atoms. The highest BCUT2D eigenvalue weighted by atomic mass is 32.2. The first-order valence-electron chi connectivity index (χ1n) is 6.04. The second kappa shape index (κ2) is 5.96. The van der Waals surface area contributed by atoms with E-state index in [0.29, 0.717) is 5.75 Å². The van der Waals surface area contributed by atoms with Crippen LogP contribution in [0.4, 0.5) is 0 Å². The second-order valence-electron chi connectivity index (χ2n) is 5.22. The molecule has 1 atom stereocenters. The van der Waals surface area contributed by atoms with Gasteiger partial charge in [0.2, 0.25) is 0 Å². The van der Waals surface area contributed by atoms with Gasteiger partial charge >= 0.3 is 0 Å². The molecule has 0 unspecified atom stereocenters. The predicted molar refractivity (Wildman–Crippen MR) is 82.1 cm³/mol. The van der Waals surface area contributed by atoms with Crippen molar-refractivity contribution in [2.24, 2.45) is 10.5 Å². The van der Waals surface area contributed by atoms with Crippen LogP contribution in [0.25, 0.3) is 0 Å². The van der Waals surface area contributed by atoms with E-state index in [9.17, 15) is 4.79 Å². The van der Waals surface area contributed by atoms with Crippen molar-refractivity contribution in [1.82, 2.24) is 10.4 Å². The van der Waals surface area contributed by atoms with Gasteiger partial charge in [-0.25, -0.2) is 0 Å². The fraction of sp³-hybridized carbons (Fsp3) is 0.462. The summed E-state index contributed by atoms with van der Waals surface area (Å²) < 4.78 is 0.897. The normalized spacial score (nSPS) is 18.9. The summed E-state index contributed by atoms with van der Waals surface area (Å²) in [4.78, 5) is 16.2. The topological polar surface area (TPSA) is 54.4 Å². The number of thioether (sulfide) groups is 2. The number of nitrogens with zero attached hydrogens (tertiary/aromatic N) is 2. The van der Waals surface area contributed by atoms with E-state index in [1.54, 1.807) is 18.0 Å². The third-order valence-corrected chi connectivity index (χ3v) is 4.87. The van der Waals surface area contributed by atoms with Gasteiger partial charge in [-0.3, -0.25) is 15.2 Å². The van der Waals surface area contributed by atoms with Crippen LogP contribution in [0.15, 0.2) is 29.5 Å². The van der Waals surface area contributed by atoms with E-state index in [1.807, 2.05) is 39.0 Å². The molecule has 0 saturated carbocycles. The van der Waals surface area contributed by atoms with Gasteiger partial charge in [-0.2, -0.15) is 5.10 Å². The van der Waals surface area contributed by atoms with Gasteiger partial charge in [0.15, 0.2) is 4.38 Å². The molecule has 4 nitrogen and oxygen atoms in total. The largest absolute Gasteiger partial charge is 0.298 e. The van der Waals surface area contributed by atoms with E-state index in [2.05, 4.69) is 15.5 Å². The van der Waals surface area contributed by atoms with Crippen LogP contribution in [0.1, 0.15) is 31.8 Å². The maximum atomic E-state index is 11.9. The number of nitrogens with one attached hydrogen (secondary N) is 1. The third-order valence-electron chi connectivity index (χ3n) is 2.61. The minimum absolute atomic E-state index is 0.0495. The lowest BCUT2D eigenvalue weighted by atomic mass is 9.92. The van der Waals surface area contributed by atoms with Crippen molar-refractivity contribution in [2.75, 3.05) is 5.75 Å². The van der Waals surface area contributed by atoms with Crippen LogP contribution >= 0.6 is 23.5 Å². The molecule has 0 bridgehead atoms. The Morgan fingerprint density at radius 1 is 1.47 bits per heavy atom. The van der Waals surface area contributed by atoms with Crippen LogP contribution in [0.3, 0.4) is 0 Å². The van der Waals surface area contributed by atoms with Gasteiger partial charge in [0, 0.05) is 11.6 Å². The molecule has 0 aromatic carbocycles. The Kier molecular flexibility index (Phi) is 4.52. The van der Waals surface area contributed by atoms with E-state index in [-0.39, 0.29) is 16.6 Å². The van der Waals surface area contributed by atoms with Gasteiger partial charge in [0.1, 0.15) is 11.2 Å². The average Bonchev–Trinajstić information content (AvgIpc) is 2.84. The van der Waals surface area contributed by atoms with E-state index < -0.39 is 0 Å². The monoisotopic (exact) mass is 295 g/mol. The molecular weight excluding hydrogens is 278 g/mol. The van der Waals surface area contributed by atoms with Crippen LogP contribution < -0.4 is 5.43 Å². The van der Waals surface area contributed by atoms with Gasteiger partial charge in [0.25, 0.3) is 0 Å². The second-order valence-corrected chi connectivity index (χ2v) is 7.54. The Morgan fingerprint density at radius 2 is 2.26 bits per heavy atom. The van der Waals surface area contributed by atoms with Crippen LogP contribution in [-0.2, 0) is 4.79 Å². The van der Waals surface area contributed by atoms with Crippen molar-refractivity contribution in [2.45, 2.75) is 26.1 Å². The Balaban J connectivity index is 1.84. The summed E-state index contributed by atoms with van der Waals surface area (Å²) in [6.07, 6.45) is 1.77. The maximum Gasteiger partial charge on any atom is 0.152 e. The first kappa shape index (κ1) is 14.4. The molecule has 1 aliphatic rings. The molecular formula is C13H17N3OS2. The molecule has 102 valence electrons. The Labute approximate surface area is 121 Å². The van der Waals surface area contributed by atoms with Crippen LogP contribution in [-0.4, -0.2) is 20.9 Å². The SMILES string of the molecule is CC(C)(C)C(=O)CSC1=NN[C@H](c2ccccn2)S1. The lowest BCUT2D eigenvalue weighted by molar-refractivity contribution is -0.123. The van der Waals surface area contributed by atoms with E-state index >= 15 is 0 Å². The van der Waals surface area contributed by atoms with Crippen molar-refractivity contribution in [3.8, 4) is 0 Å². The minimum atomic E-state index is -0.287. The fourth-order valence-electron chi connectivity index (χ4n) is 1.33. The number of ketones is 1. The standard InChI is InChI=1S/C13H17N3OS2/c1-13(2,3)10(17)8-18-12-16-15-11(19-12)9-6-4-5-7-14-9/h4-7,11,15H,8H2,1-3H3/t11-/m0/s1. The molecule has 6 heteroatoms. The molecule has 2 heterocycles. The molecule has 0 aliphatic carbocycles. The third kappa shape index (κ3) is 3.98. The van der Waals surface area contributed by atoms with Crippen molar-refractivity contribution >= 4 is 33.7 Å². The molecule has 0 fully saturated rings. The molecule has 0 radical (unpaired) electrons. The molecule has 0 saturated heterocycles. The number of Topliss-reactive ketones (excluding diaryl/α,β-unsaturated/α-hetero) is 1. The van der Waals surface area contributed by atoms with Gasteiger partial charge in [-0.05, 0) is 12.1 Å². The zero-order valence-electron chi connectivity index (χ0n) is 11.2. The van der Waals surface area contributed by atoms with Gasteiger partial charge in [0.05, 0.1) is 11.4 Å². The number of aromatic nitrogens is 1. The summed E-state index contributed by atoms with van der Waals surface area (Å²) >= 11 is 3.09. The minimum Gasteiger partial charge on any atom is -0.298 e. The van der Waals surface area contributed by atoms with Crippen LogP contribution in [0.2, 0.25) is 0 Å². The molecule has 1 aliphatic heterocycles. The lowest BCUT2D eigenvalue weighted by Gasteiger charge is -2.15. The Hall–Kier alpha value is -1.01. The predicted octanol–water partition coefficient (Wildman–Crippen LogP) is 3.04. The van der Waals surface area contributed by atoms with Crippen molar-refractivity contribution in [3.05, 3.63) is 30.1 Å². The first-order chi connectivity index (χ1) is 8.97. The quantitative estimate of drug-likeness (QED) is 0.929. The number of carbonyl (C=O) groups is 1. The van der Waals surface area contributed by atoms with Crippen molar-refractivity contribution in [3.63, 3.8) is 0 Å². The molecule has 0 amide bonds. The van der Waals surface area contributed by atoms with Crippen molar-refractivity contribution in [1.29, 1.82) is 0 Å². The number of carbonyl (C=O) groups excluding carboxylic acids is 1. The van der Waals surface area contributed by atoms with Crippen LogP contribution in [0.5, 0.6) is 0 Å². The van der Waals surface area contributed by atoms with E-state index in [4.69, 9.17) is 0 Å². The molecule has 0 spiro atoms. The molecule has 2 rings (SSSR count). The summed E-state index contributed by atoms with van der Waals surface area (Å²) in [5, 5.41) is 4.30. The lowest BCUT2D eigenvalue weighted by Crippen LogP contribution is -2.22. The van der Waals surface area contributed by atoms with E-state index in [0.717, 1.165) is 10.1 Å². The maximum absolute atomic E-state index is 11.9. The number of hydrogen-bond donors (Lipinski definition) is 1. The summed E-state index contributed by atoms with van der Waals surface area (Å²) in [5.74, 6) is 0.702. The highest BCUT2D eigenvalue weighted by Crippen LogP contribution is 2.35. The zero-order valence-corrected chi connectivity index (χ0v) is 12.8. The summed E-state index contributed by atoms with van der Waals surface area (Å²) in [5.41, 5.74) is 3.71. The Bertz CT molecular complexity index is 482. The number of rotatable bonds is 3. The number of pyridine rings is 1. The molecule has 1 N–H and O–H groups in total. The summed E-state index contributed by atoms with van der Waals surface area (Å²) in [7, 11) is 0. The summed E-state index contributed by atoms with van der Waals surface area (Å²) in [6.45, 7) is 5.82. The number of hydrazone groups is 1. The highest BCUT2D eigenvalue weighted by Gasteiger charge is 2.25. The van der Waals surface area contributed by atoms with Crippen molar-refractivity contribution < 1.29 is 4.79 Å². The average molecular weight is 295 g/mol. The van der Waals surface area contributed by atoms with E-state index in [1.165, 1.54) is 11.8 Å². The zero-order chi connectivity index (χ0) is 13.9. The smallest absolute Gasteiger partial charge is 0.152 e. The fourth-order valence-corrected chi connectivity index (χ4v) is 3.55. The summed E-state index contributed by atoms with van der Waals surface area (Å²) in [6, 6.07) is 5.81. The van der Waals surface area contributed by atoms with Crippen LogP contribution in [0, 0.1) is 5.41 Å². The molecule has 1 aromatic rings.